The summed E-state index contributed by atoms with van der Waals surface area (Å²) in [7, 11) is 0. The zero-order valence-corrected chi connectivity index (χ0v) is 12.7. The Bertz CT molecular complexity index is 600. The van der Waals surface area contributed by atoms with Crippen LogP contribution in [-0.4, -0.2) is 54.7 Å². The molecule has 1 aliphatic heterocycles. The minimum atomic E-state index is -1.36. The van der Waals surface area contributed by atoms with E-state index in [0.717, 1.165) is 9.13 Å². The van der Waals surface area contributed by atoms with Crippen LogP contribution in [-0.2, 0) is 11.3 Å². The van der Waals surface area contributed by atoms with Gasteiger partial charge in [-0.15, -0.1) is 0 Å². The Kier molecular flexibility index (Phi) is 5.33. The zero-order valence-electron chi connectivity index (χ0n) is 11.1. The van der Waals surface area contributed by atoms with Gasteiger partial charge in [0.2, 0.25) is 0 Å². The number of rotatable bonds is 5. The average Bonchev–Trinajstić information content (AvgIpc) is 2.75. The topological polar surface area (TPSA) is 114 Å². The van der Waals surface area contributed by atoms with Crippen LogP contribution in [0.4, 0.5) is 0 Å². The fourth-order valence-electron chi connectivity index (χ4n) is 2.26. The van der Waals surface area contributed by atoms with Gasteiger partial charge in [-0.2, -0.15) is 0 Å². The smallest absolute Gasteiger partial charge is 0.333 e. The quantitative estimate of drug-likeness (QED) is 0.542. The summed E-state index contributed by atoms with van der Waals surface area (Å²) in [6.07, 6.45) is -2.96. The summed E-state index contributed by atoms with van der Waals surface area (Å²) < 4.78 is 7.38. The van der Waals surface area contributed by atoms with Gasteiger partial charge in [-0.05, 0) is 6.42 Å². The van der Waals surface area contributed by atoms with E-state index >= 15 is 0 Å². The predicted molar refractivity (Wildman–Crippen MR) is 76.4 cm³/mol. The number of ether oxygens (including phenoxy) is 1. The molecule has 21 heavy (non-hydrogen) atoms. The molecule has 1 aromatic heterocycles. The highest BCUT2D eigenvalue weighted by Gasteiger charge is 2.43. The lowest BCUT2D eigenvalue weighted by Crippen LogP contribution is -2.43. The fourth-order valence-corrected chi connectivity index (χ4v) is 2.51. The van der Waals surface area contributed by atoms with Crippen LogP contribution < -0.4 is 11.2 Å². The van der Waals surface area contributed by atoms with Crippen molar-refractivity contribution in [1.29, 1.82) is 0 Å². The monoisotopic (exact) mass is 364 g/mol. The summed E-state index contributed by atoms with van der Waals surface area (Å²) in [5.74, 6) is 0. The normalized spacial score (nSPS) is 29.0. The number of hydrogen-bond donors (Lipinski definition) is 3. The molecule has 1 saturated heterocycles. The highest BCUT2D eigenvalue weighted by Crippen LogP contribution is 2.27. The second-order valence-electron chi connectivity index (χ2n) is 4.77. The van der Waals surface area contributed by atoms with Gasteiger partial charge in [0.05, 0.1) is 6.61 Å². The van der Waals surface area contributed by atoms with Crippen molar-refractivity contribution in [1.82, 2.24) is 9.13 Å². The summed E-state index contributed by atoms with van der Waals surface area (Å²) in [6.45, 7) is -0.245. The molecular formula is C12H17BrN2O6. The van der Waals surface area contributed by atoms with Gasteiger partial charge in [-0.1, -0.05) is 15.9 Å². The SMILES string of the molecule is O=c1ccn([C@@H]2O[C@H](CO)[C@@H](O)[C@H]2O)c(=O)n1CCCBr. The third-order valence-electron chi connectivity index (χ3n) is 3.40. The van der Waals surface area contributed by atoms with Gasteiger partial charge >= 0.3 is 5.69 Å². The molecule has 1 aromatic rings. The van der Waals surface area contributed by atoms with Crippen LogP contribution in [0.2, 0.25) is 0 Å². The van der Waals surface area contributed by atoms with Crippen LogP contribution in [0.5, 0.6) is 0 Å². The molecule has 9 heteroatoms. The Morgan fingerprint density at radius 2 is 2.00 bits per heavy atom. The maximum absolute atomic E-state index is 12.3. The Balaban J connectivity index is 2.37. The van der Waals surface area contributed by atoms with Crippen LogP contribution >= 0.6 is 15.9 Å². The lowest BCUT2D eigenvalue weighted by atomic mass is 10.1. The molecule has 118 valence electrons. The lowest BCUT2D eigenvalue weighted by molar-refractivity contribution is -0.0556. The molecule has 2 rings (SSSR count). The standard InChI is InChI=1S/C12H17BrN2O6/c13-3-1-4-14-8(17)2-5-15(12(14)20)11-10(19)9(18)7(6-16)21-11/h2,5,7,9-11,16,18-19H,1,3-4,6H2/t7-,9-,10-,11-/m1/s1. The summed E-state index contributed by atoms with van der Waals surface area (Å²) >= 11 is 3.23. The highest BCUT2D eigenvalue weighted by atomic mass is 79.9. The molecule has 1 fully saturated rings. The largest absolute Gasteiger partial charge is 0.394 e. The third-order valence-corrected chi connectivity index (χ3v) is 3.96. The Morgan fingerprint density at radius 3 is 2.57 bits per heavy atom. The van der Waals surface area contributed by atoms with Gasteiger partial charge in [0, 0.05) is 24.1 Å². The van der Waals surface area contributed by atoms with Gasteiger partial charge in [0.1, 0.15) is 18.3 Å². The van der Waals surface area contributed by atoms with Crippen molar-refractivity contribution < 1.29 is 20.1 Å². The molecule has 0 bridgehead atoms. The molecule has 3 N–H and O–H groups in total. The van der Waals surface area contributed by atoms with Crippen molar-refractivity contribution in [2.24, 2.45) is 0 Å². The molecule has 4 atom stereocenters. The van der Waals surface area contributed by atoms with Gasteiger partial charge in [-0.25, -0.2) is 4.79 Å². The highest BCUT2D eigenvalue weighted by molar-refractivity contribution is 9.09. The molecule has 0 saturated carbocycles. The molecule has 2 heterocycles. The van der Waals surface area contributed by atoms with E-state index in [1.54, 1.807) is 0 Å². The molecule has 8 nitrogen and oxygen atoms in total. The number of halogens is 1. The minimum absolute atomic E-state index is 0.235. The predicted octanol–water partition coefficient (Wildman–Crippen LogP) is -1.59. The van der Waals surface area contributed by atoms with E-state index in [-0.39, 0.29) is 6.54 Å². The van der Waals surface area contributed by atoms with Crippen molar-refractivity contribution in [3.8, 4) is 0 Å². The molecule has 0 spiro atoms. The molecular weight excluding hydrogens is 348 g/mol. The average molecular weight is 365 g/mol. The number of aliphatic hydroxyl groups excluding tert-OH is 3. The first kappa shape index (κ1) is 16.4. The van der Waals surface area contributed by atoms with Gasteiger partial charge in [0.15, 0.2) is 6.23 Å². The molecule has 0 amide bonds. The van der Waals surface area contributed by atoms with E-state index < -0.39 is 42.4 Å². The van der Waals surface area contributed by atoms with Gasteiger partial charge in [0.25, 0.3) is 5.56 Å². The van der Waals surface area contributed by atoms with Crippen molar-refractivity contribution in [2.45, 2.75) is 37.5 Å². The lowest BCUT2D eigenvalue weighted by Gasteiger charge is -2.18. The number of aliphatic hydroxyl groups is 3. The molecule has 0 aliphatic carbocycles. The van der Waals surface area contributed by atoms with Crippen LogP contribution in [0.1, 0.15) is 12.6 Å². The van der Waals surface area contributed by atoms with Crippen molar-refractivity contribution in [3.05, 3.63) is 33.1 Å². The Morgan fingerprint density at radius 1 is 1.29 bits per heavy atom. The summed E-state index contributed by atoms with van der Waals surface area (Å²) in [5.41, 5.74) is -1.07. The van der Waals surface area contributed by atoms with Crippen molar-refractivity contribution in [3.63, 3.8) is 0 Å². The molecule has 0 unspecified atom stereocenters. The van der Waals surface area contributed by atoms with E-state index in [4.69, 9.17) is 9.84 Å². The van der Waals surface area contributed by atoms with Crippen LogP contribution in [0.15, 0.2) is 21.9 Å². The summed E-state index contributed by atoms with van der Waals surface area (Å²) in [4.78, 5) is 24.0. The second-order valence-corrected chi connectivity index (χ2v) is 5.56. The molecule has 0 radical (unpaired) electrons. The van der Waals surface area contributed by atoms with Crippen LogP contribution in [0, 0.1) is 0 Å². The fraction of sp³-hybridized carbons (Fsp3) is 0.667. The number of hydrogen-bond acceptors (Lipinski definition) is 6. The van der Waals surface area contributed by atoms with Gasteiger partial charge < -0.3 is 20.1 Å². The maximum atomic E-state index is 12.3. The number of nitrogens with zero attached hydrogens (tertiary/aromatic N) is 2. The third kappa shape index (κ3) is 3.11. The first-order chi connectivity index (χ1) is 10.0. The second kappa shape index (κ2) is 6.84. The van der Waals surface area contributed by atoms with E-state index in [0.29, 0.717) is 11.8 Å². The van der Waals surface area contributed by atoms with Gasteiger partial charge in [-0.3, -0.25) is 13.9 Å². The van der Waals surface area contributed by atoms with Crippen molar-refractivity contribution in [2.75, 3.05) is 11.9 Å². The van der Waals surface area contributed by atoms with Crippen LogP contribution in [0.3, 0.4) is 0 Å². The maximum Gasteiger partial charge on any atom is 0.333 e. The van der Waals surface area contributed by atoms with E-state index in [1.165, 1.54) is 12.3 Å². The number of aromatic nitrogens is 2. The van der Waals surface area contributed by atoms with E-state index in [1.807, 2.05) is 0 Å². The first-order valence-corrected chi connectivity index (χ1v) is 7.63. The minimum Gasteiger partial charge on any atom is -0.394 e. The summed E-state index contributed by atoms with van der Waals surface area (Å²) in [5, 5.41) is 29.4. The van der Waals surface area contributed by atoms with Crippen molar-refractivity contribution >= 4 is 15.9 Å². The Labute approximate surface area is 128 Å². The molecule has 0 aromatic carbocycles. The number of alkyl halides is 1. The zero-order chi connectivity index (χ0) is 15.6. The first-order valence-electron chi connectivity index (χ1n) is 6.51. The Hall–Kier alpha value is -1.00. The van der Waals surface area contributed by atoms with E-state index in [2.05, 4.69) is 15.9 Å². The summed E-state index contributed by atoms with van der Waals surface area (Å²) in [6, 6.07) is 1.20. The molecule has 1 aliphatic rings. The van der Waals surface area contributed by atoms with Crippen LogP contribution in [0.25, 0.3) is 0 Å². The van der Waals surface area contributed by atoms with E-state index in [9.17, 15) is 19.8 Å².